The number of esters is 1. The van der Waals surface area contributed by atoms with E-state index in [1.165, 1.54) is 54.6 Å². The maximum atomic E-state index is 15.0. The molecule has 0 saturated carbocycles. The molecule has 0 saturated heterocycles. The number of carbonyl (C=O) groups excluding carboxylic acids is 1. The number of hydrogen-bond acceptors (Lipinski definition) is 3. The molecule has 0 aromatic heterocycles. The lowest BCUT2D eigenvalue weighted by Crippen LogP contribution is -2.16. The van der Waals surface area contributed by atoms with E-state index in [9.17, 15) is 31.1 Å². The Kier molecular flexibility index (Phi) is 8.04. The first-order valence-electron chi connectivity index (χ1n) is 12.8. The van der Waals surface area contributed by atoms with Gasteiger partial charge in [0, 0.05) is 11.6 Å². The number of rotatable bonds is 6. The average molecular weight is 588 g/mol. The van der Waals surface area contributed by atoms with Gasteiger partial charge in [-0.25, -0.2) is 26.3 Å². The Morgan fingerprint density at radius 2 is 1.21 bits per heavy atom. The van der Waals surface area contributed by atoms with Crippen LogP contribution in [0.2, 0.25) is 0 Å². The molecular formula is C34H19F6NO2. The molecule has 214 valence electrons. The Labute approximate surface area is 242 Å². The maximum Gasteiger partial charge on any atom is 0.318 e. The Bertz CT molecular complexity index is 1850. The molecule has 0 radical (unpaired) electrons. The van der Waals surface area contributed by atoms with Gasteiger partial charge in [-0.1, -0.05) is 36.4 Å². The van der Waals surface area contributed by atoms with Crippen LogP contribution in [0, 0.1) is 46.2 Å². The van der Waals surface area contributed by atoms with Crippen molar-refractivity contribution in [3.8, 4) is 45.2 Å². The number of nitrogens with zero attached hydrogens (tertiary/aromatic N) is 1. The van der Waals surface area contributed by atoms with Gasteiger partial charge in [0.05, 0.1) is 11.5 Å². The molecule has 0 N–H and O–H groups in total. The first kappa shape index (κ1) is 29.1. The maximum absolute atomic E-state index is 15.0. The third-order valence-electron chi connectivity index (χ3n) is 6.90. The minimum Gasteiger partial charge on any atom is -0.426 e. The van der Waals surface area contributed by atoms with E-state index in [1.807, 2.05) is 0 Å². The molecule has 0 spiro atoms. The molecule has 0 aliphatic heterocycles. The Morgan fingerprint density at radius 3 is 1.77 bits per heavy atom. The summed E-state index contributed by atoms with van der Waals surface area (Å²) in [6.45, 7) is 1.57. The van der Waals surface area contributed by atoms with Crippen LogP contribution in [0.1, 0.15) is 24.0 Å². The van der Waals surface area contributed by atoms with Crippen molar-refractivity contribution in [3.63, 3.8) is 0 Å². The molecule has 0 aliphatic rings. The van der Waals surface area contributed by atoms with E-state index >= 15 is 0 Å². The number of hydrogen-bond donors (Lipinski definition) is 0. The molecule has 0 bridgehead atoms. The van der Waals surface area contributed by atoms with Gasteiger partial charge in [-0.15, -0.1) is 0 Å². The van der Waals surface area contributed by atoms with Gasteiger partial charge in [0.15, 0.2) is 0 Å². The van der Waals surface area contributed by atoms with Crippen molar-refractivity contribution in [3.05, 3.63) is 137 Å². The minimum atomic E-state index is -1.24. The van der Waals surface area contributed by atoms with Gasteiger partial charge >= 0.3 is 5.97 Å². The van der Waals surface area contributed by atoms with Crippen LogP contribution in [0.4, 0.5) is 26.3 Å². The fourth-order valence-electron chi connectivity index (χ4n) is 4.57. The van der Waals surface area contributed by atoms with Crippen LogP contribution in [0.3, 0.4) is 0 Å². The van der Waals surface area contributed by atoms with Gasteiger partial charge in [0.25, 0.3) is 0 Å². The summed E-state index contributed by atoms with van der Waals surface area (Å²) in [4.78, 5) is 12.8. The van der Waals surface area contributed by atoms with Crippen LogP contribution in [-0.2, 0) is 4.79 Å². The van der Waals surface area contributed by atoms with Gasteiger partial charge in [-0.2, -0.15) is 5.26 Å². The number of benzene rings is 5. The van der Waals surface area contributed by atoms with Crippen molar-refractivity contribution in [1.82, 2.24) is 0 Å². The fourth-order valence-corrected chi connectivity index (χ4v) is 4.57. The van der Waals surface area contributed by atoms with E-state index in [-0.39, 0.29) is 16.9 Å². The summed E-state index contributed by atoms with van der Waals surface area (Å²) in [6.07, 6.45) is 0. The van der Waals surface area contributed by atoms with Crippen molar-refractivity contribution in [1.29, 1.82) is 5.26 Å². The molecule has 0 fully saturated rings. The highest BCUT2D eigenvalue weighted by Crippen LogP contribution is 2.34. The summed E-state index contributed by atoms with van der Waals surface area (Å²) in [5.41, 5.74) is -0.206. The summed E-state index contributed by atoms with van der Waals surface area (Å²) in [5.74, 6) is -7.22. The first-order valence-corrected chi connectivity index (χ1v) is 12.8. The third kappa shape index (κ3) is 5.99. The topological polar surface area (TPSA) is 50.1 Å². The number of carbonyl (C=O) groups is 1. The molecule has 0 amide bonds. The first-order chi connectivity index (χ1) is 20.5. The Balaban J connectivity index is 1.31. The van der Waals surface area contributed by atoms with E-state index in [1.54, 1.807) is 19.1 Å². The van der Waals surface area contributed by atoms with E-state index in [0.717, 1.165) is 18.2 Å². The predicted molar refractivity (Wildman–Crippen MR) is 148 cm³/mol. The molecule has 9 heteroatoms. The second-order valence-corrected chi connectivity index (χ2v) is 9.65. The van der Waals surface area contributed by atoms with E-state index in [4.69, 9.17) is 10.00 Å². The molecule has 43 heavy (non-hydrogen) atoms. The molecule has 0 heterocycles. The predicted octanol–water partition coefficient (Wildman–Crippen LogP) is 9.10. The summed E-state index contributed by atoms with van der Waals surface area (Å²) in [7, 11) is 0. The number of halogens is 6. The second kappa shape index (κ2) is 11.9. The summed E-state index contributed by atoms with van der Waals surface area (Å²) in [5, 5.41) is 8.82. The minimum absolute atomic E-state index is 0.0232. The second-order valence-electron chi connectivity index (χ2n) is 9.65. The molecule has 5 aromatic carbocycles. The average Bonchev–Trinajstić information content (AvgIpc) is 2.97. The van der Waals surface area contributed by atoms with Crippen LogP contribution >= 0.6 is 0 Å². The van der Waals surface area contributed by atoms with Crippen molar-refractivity contribution in [2.45, 2.75) is 12.8 Å². The molecule has 1 atom stereocenters. The summed E-state index contributed by atoms with van der Waals surface area (Å²) >= 11 is 0. The molecule has 0 aliphatic carbocycles. The molecule has 5 rings (SSSR count). The molecule has 1 unspecified atom stereocenters. The monoisotopic (exact) mass is 587 g/mol. The zero-order valence-corrected chi connectivity index (χ0v) is 22.3. The van der Waals surface area contributed by atoms with Crippen molar-refractivity contribution in [2.75, 3.05) is 0 Å². The standard InChI is InChI=1S/C34H19F6NO2/c1-18(34(42)43-25-10-11-26(30(38)16-25)21-6-8-24(35)9-7-21)19-2-4-20(5-3-19)22-12-31(39)33(32(40)13-22)23-14-28(36)27(17-41)29(37)15-23/h2-16,18H,1H3. The normalized spacial score (nSPS) is 11.6. The van der Waals surface area contributed by atoms with Gasteiger partial charge < -0.3 is 4.74 Å². The Morgan fingerprint density at radius 1 is 0.651 bits per heavy atom. The lowest BCUT2D eigenvalue weighted by molar-refractivity contribution is -0.135. The number of ether oxygens (including phenoxy) is 1. The van der Waals surface area contributed by atoms with E-state index in [2.05, 4.69) is 0 Å². The van der Waals surface area contributed by atoms with E-state index < -0.39 is 63.5 Å². The highest BCUT2D eigenvalue weighted by Gasteiger charge is 2.21. The van der Waals surface area contributed by atoms with Gasteiger partial charge in [0.1, 0.15) is 52.3 Å². The SMILES string of the molecule is CC(C(=O)Oc1ccc(-c2ccc(F)cc2)c(F)c1)c1ccc(-c2cc(F)c(-c3cc(F)c(C#N)c(F)c3)c(F)c2)cc1. The summed E-state index contributed by atoms with van der Waals surface area (Å²) in [6, 6.07) is 20.1. The summed E-state index contributed by atoms with van der Waals surface area (Å²) < 4.78 is 91.2. The van der Waals surface area contributed by atoms with Gasteiger partial charge in [0.2, 0.25) is 0 Å². The fraction of sp³-hybridized carbons (Fsp3) is 0.0588. The van der Waals surface area contributed by atoms with Gasteiger partial charge in [-0.3, -0.25) is 4.79 Å². The zero-order chi connectivity index (χ0) is 30.8. The molecular weight excluding hydrogens is 568 g/mol. The van der Waals surface area contributed by atoms with Crippen LogP contribution in [0.5, 0.6) is 5.75 Å². The van der Waals surface area contributed by atoms with Crippen LogP contribution in [0.15, 0.2) is 91.0 Å². The van der Waals surface area contributed by atoms with E-state index in [0.29, 0.717) is 28.8 Å². The number of nitriles is 1. The molecule has 5 aromatic rings. The van der Waals surface area contributed by atoms with Gasteiger partial charge in [-0.05, 0) is 83.3 Å². The van der Waals surface area contributed by atoms with Crippen molar-refractivity contribution < 1.29 is 35.9 Å². The van der Waals surface area contributed by atoms with Crippen molar-refractivity contribution >= 4 is 5.97 Å². The smallest absolute Gasteiger partial charge is 0.318 e. The lowest BCUT2D eigenvalue weighted by atomic mass is 9.95. The molecule has 3 nitrogen and oxygen atoms in total. The van der Waals surface area contributed by atoms with Crippen molar-refractivity contribution in [2.24, 2.45) is 0 Å². The highest BCUT2D eigenvalue weighted by molar-refractivity contribution is 5.81. The lowest BCUT2D eigenvalue weighted by Gasteiger charge is -2.14. The quantitative estimate of drug-likeness (QED) is 0.113. The highest BCUT2D eigenvalue weighted by atomic mass is 19.2. The Hall–Kier alpha value is -5.36. The zero-order valence-electron chi connectivity index (χ0n) is 22.3. The largest absolute Gasteiger partial charge is 0.426 e. The van der Waals surface area contributed by atoms with Crippen LogP contribution in [-0.4, -0.2) is 5.97 Å². The van der Waals surface area contributed by atoms with Crippen LogP contribution < -0.4 is 4.74 Å². The van der Waals surface area contributed by atoms with Crippen LogP contribution in [0.25, 0.3) is 33.4 Å². The third-order valence-corrected chi connectivity index (χ3v) is 6.90.